The molecule has 25 heavy (non-hydrogen) atoms. The summed E-state index contributed by atoms with van der Waals surface area (Å²) in [5.74, 6) is 1.97. The number of urea groups is 1. The predicted molar refractivity (Wildman–Crippen MR) is 95.2 cm³/mol. The minimum absolute atomic E-state index is 0.0121. The smallest absolute Gasteiger partial charge is 0.318 e. The van der Waals surface area contributed by atoms with E-state index in [-0.39, 0.29) is 18.0 Å². The van der Waals surface area contributed by atoms with Crippen molar-refractivity contribution in [3.05, 3.63) is 23.7 Å². The number of nitrogens with zero attached hydrogens (tertiary/aromatic N) is 2. The fourth-order valence-electron chi connectivity index (χ4n) is 3.75. The summed E-state index contributed by atoms with van der Waals surface area (Å²) in [4.78, 5) is 28.4. The second-order valence-electron chi connectivity index (χ2n) is 6.93. The molecule has 0 aromatic carbocycles. The fourth-order valence-corrected chi connectivity index (χ4v) is 3.75. The Labute approximate surface area is 149 Å². The van der Waals surface area contributed by atoms with Crippen LogP contribution in [0.1, 0.15) is 63.0 Å². The first kappa shape index (κ1) is 17.8. The second-order valence-corrected chi connectivity index (χ2v) is 6.93. The summed E-state index contributed by atoms with van der Waals surface area (Å²) in [5.41, 5.74) is 0. The maximum atomic E-state index is 12.5. The average Bonchev–Trinajstić information content (AvgIpc) is 3.31. The first-order valence-corrected chi connectivity index (χ1v) is 9.60. The summed E-state index contributed by atoms with van der Waals surface area (Å²) in [5, 5.41) is 2.91. The van der Waals surface area contributed by atoms with Crippen LogP contribution in [0.3, 0.4) is 0 Å². The van der Waals surface area contributed by atoms with Gasteiger partial charge in [-0.25, -0.2) is 4.79 Å². The van der Waals surface area contributed by atoms with Crippen LogP contribution in [0.15, 0.2) is 16.5 Å². The molecule has 1 aromatic rings. The highest BCUT2D eigenvalue weighted by atomic mass is 16.3. The second kappa shape index (κ2) is 8.41. The molecule has 6 nitrogen and oxygen atoms in total. The van der Waals surface area contributed by atoms with Gasteiger partial charge in [0.15, 0.2) is 0 Å². The normalized spacial score (nSPS) is 20.8. The molecular weight excluding hydrogens is 318 g/mol. The Morgan fingerprint density at radius 1 is 1.16 bits per heavy atom. The molecule has 0 unspecified atom stereocenters. The van der Waals surface area contributed by atoms with Crippen molar-refractivity contribution in [1.29, 1.82) is 0 Å². The number of likely N-dealkylation sites (tertiary alicyclic amines) is 2. The molecule has 2 saturated heterocycles. The van der Waals surface area contributed by atoms with Gasteiger partial charge in [-0.15, -0.1) is 0 Å². The molecule has 3 heterocycles. The summed E-state index contributed by atoms with van der Waals surface area (Å²) in [6.45, 7) is 4.91. The molecule has 1 atom stereocenters. The van der Waals surface area contributed by atoms with Crippen LogP contribution in [-0.4, -0.2) is 47.9 Å². The zero-order valence-electron chi connectivity index (χ0n) is 15.1. The lowest BCUT2D eigenvalue weighted by atomic mass is 10.1. The maximum absolute atomic E-state index is 12.5. The number of furan rings is 1. The largest absolute Gasteiger partial charge is 0.464 e. The lowest BCUT2D eigenvalue weighted by Gasteiger charge is -2.27. The van der Waals surface area contributed by atoms with Crippen molar-refractivity contribution in [2.24, 2.45) is 0 Å². The van der Waals surface area contributed by atoms with Crippen LogP contribution in [0.25, 0.3) is 0 Å². The number of rotatable bonds is 5. The summed E-state index contributed by atoms with van der Waals surface area (Å²) in [6, 6.07) is 3.89. The highest BCUT2D eigenvalue weighted by Gasteiger charge is 2.32. The summed E-state index contributed by atoms with van der Waals surface area (Å²) in [6.07, 6.45) is 6.54. The monoisotopic (exact) mass is 347 g/mol. The summed E-state index contributed by atoms with van der Waals surface area (Å²) in [7, 11) is 0. The van der Waals surface area contributed by atoms with Crippen LogP contribution < -0.4 is 5.32 Å². The van der Waals surface area contributed by atoms with Crippen molar-refractivity contribution in [3.63, 3.8) is 0 Å². The van der Waals surface area contributed by atoms with Gasteiger partial charge < -0.3 is 19.5 Å². The number of hydrogen-bond donors (Lipinski definition) is 1. The molecule has 2 fully saturated rings. The SMILES string of the molecule is CCc1ccc([C@H]2CCCN2C(=O)NCCC(=O)N2CCCCC2)o1. The van der Waals surface area contributed by atoms with E-state index >= 15 is 0 Å². The van der Waals surface area contributed by atoms with Gasteiger partial charge in [-0.1, -0.05) is 6.92 Å². The van der Waals surface area contributed by atoms with E-state index in [1.807, 2.05) is 21.9 Å². The molecular formula is C19H29N3O3. The molecule has 2 aliphatic rings. The van der Waals surface area contributed by atoms with Crippen LogP contribution in [0.5, 0.6) is 0 Å². The zero-order valence-corrected chi connectivity index (χ0v) is 15.1. The van der Waals surface area contributed by atoms with Gasteiger partial charge in [0.1, 0.15) is 11.5 Å². The van der Waals surface area contributed by atoms with Gasteiger partial charge in [-0.3, -0.25) is 4.79 Å². The van der Waals surface area contributed by atoms with Crippen molar-refractivity contribution in [2.45, 2.75) is 57.9 Å². The van der Waals surface area contributed by atoms with Crippen LogP contribution in [-0.2, 0) is 11.2 Å². The Kier molecular flexibility index (Phi) is 6.00. The van der Waals surface area contributed by atoms with E-state index in [1.54, 1.807) is 0 Å². The third kappa shape index (κ3) is 4.35. The highest BCUT2D eigenvalue weighted by Crippen LogP contribution is 2.33. The van der Waals surface area contributed by atoms with Crippen LogP contribution >= 0.6 is 0 Å². The summed E-state index contributed by atoms with van der Waals surface area (Å²) >= 11 is 0. The van der Waals surface area contributed by atoms with E-state index in [2.05, 4.69) is 12.2 Å². The van der Waals surface area contributed by atoms with Crippen LogP contribution in [0, 0.1) is 0 Å². The molecule has 6 heteroatoms. The van der Waals surface area contributed by atoms with Gasteiger partial charge in [0.2, 0.25) is 5.91 Å². The maximum Gasteiger partial charge on any atom is 0.318 e. The minimum Gasteiger partial charge on any atom is -0.464 e. The topological polar surface area (TPSA) is 65.8 Å². The molecule has 3 amide bonds. The Bertz CT molecular complexity index is 592. The lowest BCUT2D eigenvalue weighted by Crippen LogP contribution is -2.42. The van der Waals surface area contributed by atoms with Crippen LogP contribution in [0.4, 0.5) is 4.79 Å². The summed E-state index contributed by atoms with van der Waals surface area (Å²) < 4.78 is 5.84. The fraction of sp³-hybridized carbons (Fsp3) is 0.684. The van der Waals surface area contributed by atoms with Crippen molar-refractivity contribution in [3.8, 4) is 0 Å². The van der Waals surface area contributed by atoms with Crippen LogP contribution in [0.2, 0.25) is 0 Å². The van der Waals surface area contributed by atoms with Gasteiger partial charge in [-0.2, -0.15) is 0 Å². The van der Waals surface area contributed by atoms with Gasteiger partial charge in [-0.05, 0) is 44.2 Å². The number of carbonyl (C=O) groups excluding carboxylic acids is 2. The third-order valence-corrected chi connectivity index (χ3v) is 5.20. The molecule has 0 spiro atoms. The molecule has 0 bridgehead atoms. The third-order valence-electron chi connectivity index (χ3n) is 5.20. The van der Waals surface area contributed by atoms with E-state index in [0.717, 1.165) is 63.3 Å². The number of hydrogen-bond acceptors (Lipinski definition) is 3. The van der Waals surface area contributed by atoms with Gasteiger partial charge in [0, 0.05) is 39.0 Å². The van der Waals surface area contributed by atoms with E-state index in [9.17, 15) is 9.59 Å². The van der Waals surface area contributed by atoms with E-state index in [4.69, 9.17) is 4.42 Å². The standard InChI is InChI=1S/C19H29N3O3/c1-2-15-8-9-17(25-15)16-7-6-14-22(16)19(24)20-11-10-18(23)21-12-4-3-5-13-21/h8-9,16H,2-7,10-14H2,1H3,(H,20,24)/t16-/m1/s1. The van der Waals surface area contributed by atoms with Crippen molar-refractivity contribution < 1.29 is 14.0 Å². The van der Waals surface area contributed by atoms with Crippen molar-refractivity contribution >= 4 is 11.9 Å². The number of nitrogens with one attached hydrogen (secondary N) is 1. The number of aryl methyl sites for hydroxylation is 1. The Morgan fingerprint density at radius 2 is 1.96 bits per heavy atom. The first-order chi connectivity index (χ1) is 12.2. The molecule has 138 valence electrons. The molecule has 2 aliphatic heterocycles. The Morgan fingerprint density at radius 3 is 2.68 bits per heavy atom. The molecule has 1 aromatic heterocycles. The van der Waals surface area contributed by atoms with E-state index in [0.29, 0.717) is 13.0 Å². The first-order valence-electron chi connectivity index (χ1n) is 9.60. The van der Waals surface area contributed by atoms with Crippen molar-refractivity contribution in [1.82, 2.24) is 15.1 Å². The zero-order chi connectivity index (χ0) is 17.6. The highest BCUT2D eigenvalue weighted by molar-refractivity contribution is 5.78. The lowest BCUT2D eigenvalue weighted by molar-refractivity contribution is -0.131. The Hall–Kier alpha value is -1.98. The quantitative estimate of drug-likeness (QED) is 0.890. The molecule has 0 aliphatic carbocycles. The molecule has 1 N–H and O–H groups in total. The number of carbonyl (C=O) groups is 2. The predicted octanol–water partition coefficient (Wildman–Crippen LogP) is 3.09. The Balaban J connectivity index is 1.47. The van der Waals surface area contributed by atoms with E-state index < -0.39 is 0 Å². The molecule has 0 saturated carbocycles. The molecule has 3 rings (SSSR count). The number of amides is 3. The van der Waals surface area contributed by atoms with Gasteiger partial charge >= 0.3 is 6.03 Å². The minimum atomic E-state index is -0.0941. The van der Waals surface area contributed by atoms with E-state index in [1.165, 1.54) is 6.42 Å². The number of piperidine rings is 1. The van der Waals surface area contributed by atoms with Gasteiger partial charge in [0.25, 0.3) is 0 Å². The average molecular weight is 347 g/mol. The van der Waals surface area contributed by atoms with Gasteiger partial charge in [0.05, 0.1) is 6.04 Å². The molecule has 0 radical (unpaired) electrons. The van der Waals surface area contributed by atoms with Crippen molar-refractivity contribution in [2.75, 3.05) is 26.2 Å².